The molecule has 41 heavy (non-hydrogen) atoms. The summed E-state index contributed by atoms with van der Waals surface area (Å²) in [5, 5.41) is 11.6. The Bertz CT molecular complexity index is 1290. The third-order valence-electron chi connectivity index (χ3n) is 7.47. The van der Waals surface area contributed by atoms with E-state index in [2.05, 4.69) is 12.1 Å². The van der Waals surface area contributed by atoms with Gasteiger partial charge < -0.3 is 28.8 Å². The molecular weight excluding hydrogens is 516 g/mol. The molecule has 1 saturated heterocycles. The van der Waals surface area contributed by atoms with Crippen molar-refractivity contribution in [3.05, 3.63) is 144 Å². The molecule has 4 aromatic carbocycles. The molecule has 0 unspecified atom stereocenters. The fourth-order valence-corrected chi connectivity index (χ4v) is 5.35. The van der Waals surface area contributed by atoms with Crippen LogP contribution in [0.4, 0.5) is 0 Å². The maximum Gasteiger partial charge on any atom is 0.186 e. The Kier molecular flexibility index (Phi) is 10.3. The lowest BCUT2D eigenvalue weighted by Crippen LogP contribution is -2.69. The fourth-order valence-electron chi connectivity index (χ4n) is 5.35. The molecule has 0 saturated carbocycles. The van der Waals surface area contributed by atoms with Crippen molar-refractivity contribution in [2.45, 2.75) is 56.4 Å². The van der Waals surface area contributed by atoms with E-state index in [-0.39, 0.29) is 6.61 Å². The first-order valence-corrected chi connectivity index (χ1v) is 14.0. The zero-order chi connectivity index (χ0) is 28.3. The van der Waals surface area contributed by atoms with Gasteiger partial charge in [-0.3, -0.25) is 0 Å². The summed E-state index contributed by atoms with van der Waals surface area (Å²) < 4.78 is 31.8. The molecule has 0 aromatic heterocycles. The zero-order valence-electron chi connectivity index (χ0n) is 23.4. The maximum absolute atomic E-state index is 11.6. The average Bonchev–Trinajstić information content (AvgIpc) is 3.03. The van der Waals surface area contributed by atoms with E-state index in [1.54, 1.807) is 0 Å². The average molecular weight is 555 g/mol. The van der Waals surface area contributed by atoms with E-state index in [4.69, 9.17) is 23.7 Å². The number of aliphatic hydroxyl groups is 1. The van der Waals surface area contributed by atoms with Crippen molar-refractivity contribution >= 4 is 0 Å². The summed E-state index contributed by atoms with van der Waals surface area (Å²) >= 11 is 0. The van der Waals surface area contributed by atoms with E-state index in [0.29, 0.717) is 26.2 Å². The van der Waals surface area contributed by atoms with E-state index < -0.39 is 30.2 Å². The Labute approximate surface area is 242 Å². The summed E-state index contributed by atoms with van der Waals surface area (Å²) in [5.74, 6) is 0. The molecule has 6 nitrogen and oxygen atoms in total. The van der Waals surface area contributed by atoms with Crippen LogP contribution in [-0.4, -0.2) is 49.0 Å². The zero-order valence-corrected chi connectivity index (χ0v) is 23.4. The lowest BCUT2D eigenvalue weighted by atomic mass is 9.78. The first kappa shape index (κ1) is 29.1. The van der Waals surface area contributed by atoms with Gasteiger partial charge in [-0.2, -0.15) is 0 Å². The van der Waals surface area contributed by atoms with Crippen LogP contribution in [0.25, 0.3) is 0 Å². The monoisotopic (exact) mass is 554 g/mol. The molecule has 214 valence electrons. The smallest absolute Gasteiger partial charge is 0.186 e. The van der Waals surface area contributed by atoms with Crippen molar-refractivity contribution in [3.63, 3.8) is 0 Å². The summed E-state index contributed by atoms with van der Waals surface area (Å²) in [5.41, 5.74) is 3.00. The molecule has 4 aromatic rings. The van der Waals surface area contributed by atoms with Crippen LogP contribution in [-0.2, 0) is 49.9 Å². The second kappa shape index (κ2) is 14.5. The van der Waals surface area contributed by atoms with Crippen LogP contribution in [0.1, 0.15) is 22.3 Å². The van der Waals surface area contributed by atoms with Gasteiger partial charge in [-0.05, 0) is 22.3 Å². The van der Waals surface area contributed by atoms with Crippen molar-refractivity contribution in [2.75, 3.05) is 13.7 Å². The topological polar surface area (TPSA) is 66.4 Å². The van der Waals surface area contributed by atoms with Crippen LogP contribution in [0.15, 0.2) is 121 Å². The summed E-state index contributed by atoms with van der Waals surface area (Å²) in [4.78, 5) is 0. The SMILES string of the molecule is CO[C@H]1O[C@H](COCc2ccccc2)[C@](Cc2ccccc2)(OCc2ccccc2)[C@H](OCc2ccccc2)[C@H]1O. The molecule has 0 spiro atoms. The minimum atomic E-state index is -1.10. The van der Waals surface area contributed by atoms with E-state index in [0.717, 1.165) is 22.3 Å². The Morgan fingerprint density at radius 3 is 1.68 bits per heavy atom. The number of hydrogen-bond acceptors (Lipinski definition) is 6. The number of hydrogen-bond donors (Lipinski definition) is 1. The highest BCUT2D eigenvalue weighted by molar-refractivity contribution is 5.22. The van der Waals surface area contributed by atoms with Crippen LogP contribution in [0.3, 0.4) is 0 Å². The van der Waals surface area contributed by atoms with Crippen LogP contribution < -0.4 is 0 Å². The molecule has 0 radical (unpaired) electrons. The lowest BCUT2D eigenvalue weighted by Gasteiger charge is -2.52. The molecule has 5 atom stereocenters. The van der Waals surface area contributed by atoms with Gasteiger partial charge in [0.2, 0.25) is 0 Å². The standard InChI is InChI=1S/C35H38O6/c1-37-34-32(36)33(39-24-29-18-10-4-11-19-29)35(22-27-14-6-2-7-15-27,40-25-30-20-12-5-13-21-30)31(41-34)26-38-23-28-16-8-3-9-17-28/h2-21,31-34,36H,22-26H2,1H3/t31-,32-,33-,34+,35+/m1/s1. The summed E-state index contributed by atoms with van der Waals surface area (Å²) in [7, 11) is 1.53. The van der Waals surface area contributed by atoms with Gasteiger partial charge in [-0.15, -0.1) is 0 Å². The van der Waals surface area contributed by atoms with Gasteiger partial charge in [0, 0.05) is 13.5 Å². The largest absolute Gasteiger partial charge is 0.385 e. The minimum Gasteiger partial charge on any atom is -0.385 e. The number of methoxy groups -OCH3 is 1. The Balaban J connectivity index is 1.51. The van der Waals surface area contributed by atoms with Gasteiger partial charge in [0.25, 0.3) is 0 Å². The molecule has 1 aliphatic heterocycles. The number of aliphatic hydroxyl groups excluding tert-OH is 1. The minimum absolute atomic E-state index is 0.217. The summed E-state index contributed by atoms with van der Waals surface area (Å²) in [6, 6.07) is 40.0. The second-order valence-electron chi connectivity index (χ2n) is 10.3. The lowest BCUT2D eigenvalue weighted by molar-refractivity contribution is -0.348. The van der Waals surface area contributed by atoms with Gasteiger partial charge in [-0.1, -0.05) is 121 Å². The van der Waals surface area contributed by atoms with Gasteiger partial charge >= 0.3 is 0 Å². The highest BCUT2D eigenvalue weighted by Gasteiger charge is 2.58. The first-order chi connectivity index (χ1) is 20.2. The number of benzene rings is 4. The van der Waals surface area contributed by atoms with Crippen LogP contribution in [0, 0.1) is 0 Å². The van der Waals surface area contributed by atoms with Crippen LogP contribution in [0.2, 0.25) is 0 Å². The van der Waals surface area contributed by atoms with Gasteiger partial charge in [0.1, 0.15) is 23.9 Å². The van der Waals surface area contributed by atoms with E-state index in [1.165, 1.54) is 7.11 Å². The number of rotatable bonds is 13. The van der Waals surface area contributed by atoms with Crippen molar-refractivity contribution in [1.82, 2.24) is 0 Å². The third-order valence-corrected chi connectivity index (χ3v) is 7.47. The van der Waals surface area contributed by atoms with Crippen molar-refractivity contribution < 1.29 is 28.8 Å². The van der Waals surface area contributed by atoms with Gasteiger partial charge in [0.05, 0.1) is 26.4 Å². The molecule has 1 N–H and O–H groups in total. The van der Waals surface area contributed by atoms with E-state index in [1.807, 2.05) is 109 Å². The highest BCUT2D eigenvalue weighted by Crippen LogP contribution is 2.40. The van der Waals surface area contributed by atoms with Crippen molar-refractivity contribution in [3.8, 4) is 0 Å². The Hall–Kier alpha value is -3.36. The molecule has 0 amide bonds. The fraction of sp³-hybridized carbons (Fsp3) is 0.314. The molecular formula is C35H38O6. The molecule has 1 heterocycles. The number of ether oxygens (including phenoxy) is 5. The Morgan fingerprint density at radius 1 is 0.659 bits per heavy atom. The van der Waals surface area contributed by atoms with E-state index in [9.17, 15) is 5.11 Å². The van der Waals surface area contributed by atoms with Gasteiger partial charge in [0.15, 0.2) is 6.29 Å². The quantitative estimate of drug-likeness (QED) is 0.228. The highest BCUT2D eigenvalue weighted by atomic mass is 16.7. The maximum atomic E-state index is 11.6. The molecule has 0 aliphatic carbocycles. The summed E-state index contributed by atoms with van der Waals surface area (Å²) in [6.07, 6.45) is -2.97. The molecule has 0 bridgehead atoms. The molecule has 6 heteroatoms. The summed E-state index contributed by atoms with van der Waals surface area (Å²) in [6.45, 7) is 1.23. The van der Waals surface area contributed by atoms with Crippen molar-refractivity contribution in [1.29, 1.82) is 0 Å². The predicted molar refractivity (Wildman–Crippen MR) is 157 cm³/mol. The molecule has 1 fully saturated rings. The molecule has 1 aliphatic rings. The van der Waals surface area contributed by atoms with Gasteiger partial charge in [-0.25, -0.2) is 0 Å². The first-order valence-electron chi connectivity index (χ1n) is 14.0. The normalized spacial score (nSPS) is 24.2. The third kappa shape index (κ3) is 7.49. The Morgan fingerprint density at radius 2 is 1.15 bits per heavy atom. The molecule has 5 rings (SSSR count). The van der Waals surface area contributed by atoms with E-state index >= 15 is 0 Å². The second-order valence-corrected chi connectivity index (χ2v) is 10.3. The van der Waals surface area contributed by atoms with Crippen molar-refractivity contribution in [2.24, 2.45) is 0 Å². The predicted octanol–water partition coefficient (Wildman–Crippen LogP) is 5.72. The van der Waals surface area contributed by atoms with Crippen LogP contribution in [0.5, 0.6) is 0 Å². The van der Waals surface area contributed by atoms with Crippen LogP contribution >= 0.6 is 0 Å².